The van der Waals surface area contributed by atoms with Gasteiger partial charge in [-0.2, -0.15) is 0 Å². The van der Waals surface area contributed by atoms with Crippen LogP contribution in [-0.2, 0) is 0 Å². The van der Waals surface area contributed by atoms with Crippen molar-refractivity contribution in [1.82, 2.24) is 4.98 Å². The number of hydrogen-bond acceptors (Lipinski definition) is 2. The summed E-state index contributed by atoms with van der Waals surface area (Å²) in [5, 5.41) is 3.29. The van der Waals surface area contributed by atoms with Crippen molar-refractivity contribution in [3.63, 3.8) is 0 Å². The van der Waals surface area contributed by atoms with E-state index in [1.54, 1.807) is 0 Å². The second kappa shape index (κ2) is 7.67. The van der Waals surface area contributed by atoms with Crippen LogP contribution in [0.1, 0.15) is 13.8 Å². The van der Waals surface area contributed by atoms with Crippen LogP contribution in [0, 0.1) is 0 Å². The Morgan fingerprint density at radius 3 is 2.29 bits per heavy atom. The average molecular weight is 323 g/mol. The van der Waals surface area contributed by atoms with Crippen molar-refractivity contribution in [1.29, 1.82) is 0 Å². The highest BCUT2D eigenvalue weighted by Gasteiger charge is 2.12. The summed E-state index contributed by atoms with van der Waals surface area (Å²) in [6, 6.07) is 8.22. The van der Waals surface area contributed by atoms with Gasteiger partial charge < -0.3 is 4.90 Å². The lowest BCUT2D eigenvalue weighted by Crippen LogP contribution is -2.38. The van der Waals surface area contributed by atoms with Gasteiger partial charge in [-0.1, -0.05) is 30.4 Å². The highest BCUT2D eigenvalue weighted by atomic mass is 35.5. The van der Waals surface area contributed by atoms with Gasteiger partial charge in [0.25, 0.3) is 0 Å². The van der Waals surface area contributed by atoms with E-state index >= 15 is 0 Å². The zero-order valence-corrected chi connectivity index (χ0v) is 14.0. The first-order chi connectivity index (χ1) is 10.3. The maximum Gasteiger partial charge on any atom is 0.0730 e. The Hall–Kier alpha value is -1.25. The number of alkyl halides is 2. The number of para-hydroxylation sites is 1. The van der Waals surface area contributed by atoms with Crippen LogP contribution in [0.3, 0.4) is 0 Å². The lowest BCUT2D eigenvalue weighted by atomic mass is 10.1. The number of aromatic nitrogens is 1. The van der Waals surface area contributed by atoms with E-state index < -0.39 is 0 Å². The Kier molecular flexibility index (Phi) is 5.89. The molecule has 0 unspecified atom stereocenters. The third-order valence-electron chi connectivity index (χ3n) is 3.52. The van der Waals surface area contributed by atoms with E-state index in [0.29, 0.717) is 11.8 Å². The monoisotopic (exact) mass is 322 g/mol. The molecule has 0 N–H and O–H groups in total. The molecule has 1 aromatic heterocycles. The van der Waals surface area contributed by atoms with Gasteiger partial charge in [0, 0.05) is 35.5 Å². The third kappa shape index (κ3) is 3.33. The highest BCUT2D eigenvalue weighted by molar-refractivity contribution is 6.18. The van der Waals surface area contributed by atoms with Crippen LogP contribution >= 0.6 is 23.2 Å². The van der Waals surface area contributed by atoms with Crippen molar-refractivity contribution in [3.8, 4) is 0 Å². The molecule has 2 nitrogen and oxygen atoms in total. The van der Waals surface area contributed by atoms with Gasteiger partial charge in [-0.15, -0.1) is 23.2 Å². The lowest BCUT2D eigenvalue weighted by molar-refractivity contribution is 0.872. The summed E-state index contributed by atoms with van der Waals surface area (Å²) in [7, 11) is 0. The largest absolute Gasteiger partial charge is 0.368 e. The van der Waals surface area contributed by atoms with Gasteiger partial charge in [0.15, 0.2) is 0 Å². The van der Waals surface area contributed by atoms with Gasteiger partial charge in [-0.25, -0.2) is 4.98 Å². The van der Waals surface area contributed by atoms with E-state index in [2.05, 4.69) is 17.0 Å². The van der Waals surface area contributed by atoms with Crippen molar-refractivity contribution >= 4 is 51.9 Å². The molecule has 4 heteroatoms. The van der Waals surface area contributed by atoms with E-state index in [-0.39, 0.29) is 0 Å². The number of nitrogens with zero attached hydrogens (tertiary/aromatic N) is 2. The minimum absolute atomic E-state index is 0.571. The second-order valence-electron chi connectivity index (χ2n) is 4.72. The number of rotatable bonds is 5. The van der Waals surface area contributed by atoms with Crippen LogP contribution in [0.2, 0.25) is 0 Å². The quantitative estimate of drug-likeness (QED) is 0.786. The number of hydrogen-bond donors (Lipinski definition) is 0. The summed E-state index contributed by atoms with van der Waals surface area (Å²) < 4.78 is 0. The fraction of sp³-hybridized carbons (Fsp3) is 0.353. The smallest absolute Gasteiger partial charge is 0.0730 e. The first kappa shape index (κ1) is 16.1. The fourth-order valence-electron chi connectivity index (χ4n) is 2.61. The Morgan fingerprint density at radius 2 is 1.71 bits per heavy atom. The number of halogens is 2. The predicted octanol–water partition coefficient (Wildman–Crippen LogP) is 3.12. The molecule has 0 bridgehead atoms. The van der Waals surface area contributed by atoms with Crippen LogP contribution in [-0.4, -0.2) is 29.8 Å². The molecule has 0 aliphatic rings. The lowest BCUT2D eigenvalue weighted by Gasteiger charge is -2.25. The minimum atomic E-state index is 0.571. The van der Waals surface area contributed by atoms with E-state index in [1.165, 1.54) is 5.69 Å². The molecule has 2 rings (SSSR count). The van der Waals surface area contributed by atoms with Gasteiger partial charge >= 0.3 is 0 Å². The fourth-order valence-corrected chi connectivity index (χ4v) is 3.02. The van der Waals surface area contributed by atoms with Crippen LogP contribution in [0.25, 0.3) is 23.1 Å². The predicted molar refractivity (Wildman–Crippen MR) is 94.9 cm³/mol. The van der Waals surface area contributed by atoms with Crippen molar-refractivity contribution in [2.24, 2.45) is 0 Å². The molecule has 0 aliphatic heterocycles. The van der Waals surface area contributed by atoms with E-state index in [9.17, 15) is 0 Å². The van der Waals surface area contributed by atoms with Gasteiger partial charge in [0.2, 0.25) is 0 Å². The summed E-state index contributed by atoms with van der Waals surface area (Å²) in [5.74, 6) is 1.14. The zero-order valence-electron chi connectivity index (χ0n) is 12.4. The van der Waals surface area contributed by atoms with E-state index in [1.807, 2.05) is 38.1 Å². The first-order valence-electron chi connectivity index (χ1n) is 7.15. The van der Waals surface area contributed by atoms with Gasteiger partial charge in [0.1, 0.15) is 0 Å². The van der Waals surface area contributed by atoms with E-state index in [4.69, 9.17) is 28.2 Å². The van der Waals surface area contributed by atoms with E-state index in [0.717, 1.165) is 34.6 Å². The van der Waals surface area contributed by atoms with Crippen molar-refractivity contribution in [2.75, 3.05) is 29.7 Å². The summed E-state index contributed by atoms with van der Waals surface area (Å²) >= 11 is 12.0. The van der Waals surface area contributed by atoms with Crippen molar-refractivity contribution < 1.29 is 0 Å². The maximum absolute atomic E-state index is 5.98. The maximum atomic E-state index is 5.98. The highest BCUT2D eigenvalue weighted by Crippen LogP contribution is 2.20. The Labute approximate surface area is 135 Å². The van der Waals surface area contributed by atoms with Gasteiger partial charge in [-0.3, -0.25) is 0 Å². The van der Waals surface area contributed by atoms with Crippen LogP contribution in [0.15, 0.2) is 24.3 Å². The number of pyridine rings is 1. The molecule has 0 atom stereocenters. The molecule has 0 amide bonds. The third-order valence-corrected chi connectivity index (χ3v) is 3.86. The normalized spacial score (nSPS) is 13.1. The molecular weight excluding hydrogens is 303 g/mol. The standard InChI is InChI=1S/C17H20Cl2N2/c1-3-13-15(4-2)20-16-8-6-5-7-14(16)17(13)21(11-9-18)12-10-19/h3-8H,9-12H2,1-2H3. The van der Waals surface area contributed by atoms with Crippen LogP contribution in [0.4, 0.5) is 5.69 Å². The number of anilines is 1. The van der Waals surface area contributed by atoms with Gasteiger partial charge in [0.05, 0.1) is 16.6 Å². The molecule has 0 saturated carbocycles. The first-order valence-corrected chi connectivity index (χ1v) is 8.22. The molecule has 0 fully saturated rings. The van der Waals surface area contributed by atoms with Crippen LogP contribution < -0.4 is 15.5 Å². The summed E-state index contributed by atoms with van der Waals surface area (Å²) in [5.41, 5.74) is 2.18. The molecule has 1 heterocycles. The van der Waals surface area contributed by atoms with Crippen molar-refractivity contribution in [3.05, 3.63) is 34.8 Å². The molecule has 21 heavy (non-hydrogen) atoms. The molecule has 2 aromatic rings. The molecule has 0 saturated heterocycles. The van der Waals surface area contributed by atoms with Gasteiger partial charge in [-0.05, 0) is 19.9 Å². The summed E-state index contributed by atoms with van der Waals surface area (Å²) in [4.78, 5) is 7.00. The number of benzene rings is 1. The molecule has 1 aromatic carbocycles. The zero-order chi connectivity index (χ0) is 15.2. The molecular formula is C17H20Cl2N2. The molecule has 0 spiro atoms. The average Bonchev–Trinajstić information content (AvgIpc) is 2.52. The topological polar surface area (TPSA) is 16.1 Å². The molecule has 0 aliphatic carbocycles. The molecule has 0 radical (unpaired) electrons. The summed E-state index contributed by atoms with van der Waals surface area (Å²) in [6.45, 7) is 5.60. The Morgan fingerprint density at radius 1 is 1.05 bits per heavy atom. The second-order valence-corrected chi connectivity index (χ2v) is 5.47. The Balaban J connectivity index is 2.85. The summed E-state index contributed by atoms with van der Waals surface area (Å²) in [6.07, 6.45) is 4.16. The van der Waals surface area contributed by atoms with Crippen LogP contribution in [0.5, 0.6) is 0 Å². The molecule has 112 valence electrons. The Bertz CT molecular complexity index is 719. The number of fused-ring (bicyclic) bond motifs is 1. The van der Waals surface area contributed by atoms with Crippen molar-refractivity contribution in [2.45, 2.75) is 13.8 Å². The SMILES string of the molecule is CC=c1nc2ccccc2c(N(CCCl)CCCl)c1=CC. The minimum Gasteiger partial charge on any atom is -0.368 e.